The molecule has 1 aliphatic carbocycles. The van der Waals surface area contributed by atoms with Gasteiger partial charge in [0.05, 0.1) is 5.69 Å². The second-order valence-electron chi connectivity index (χ2n) is 7.85. The molecular weight excluding hydrogens is 486 g/mol. The summed E-state index contributed by atoms with van der Waals surface area (Å²) in [6.45, 7) is 1.67. The minimum absolute atomic E-state index is 0.0119. The Kier molecular flexibility index (Phi) is 6.90. The number of hydrogen-bond donors (Lipinski definition) is 3. The number of ether oxygens (including phenoxy) is 2. The number of rotatable bonds is 7. The summed E-state index contributed by atoms with van der Waals surface area (Å²) in [5, 5.41) is 7.32. The van der Waals surface area contributed by atoms with Crippen molar-refractivity contribution in [1.29, 1.82) is 0 Å². The molecule has 0 spiro atoms. The Hall–Kier alpha value is -4.42. The van der Waals surface area contributed by atoms with Crippen molar-refractivity contribution >= 4 is 29.1 Å². The van der Waals surface area contributed by atoms with Gasteiger partial charge in [0.15, 0.2) is 0 Å². The minimum atomic E-state index is -4.96. The van der Waals surface area contributed by atoms with Crippen LogP contribution in [-0.4, -0.2) is 28.3 Å². The van der Waals surface area contributed by atoms with E-state index in [1.54, 1.807) is 13.0 Å². The molecule has 0 atom stereocenters. The Morgan fingerprint density at radius 1 is 0.944 bits per heavy atom. The third-order valence-corrected chi connectivity index (χ3v) is 4.93. The third kappa shape index (κ3) is 6.81. The fourth-order valence-corrected chi connectivity index (χ4v) is 3.07. The number of aryl methyl sites for hydroxylation is 1. The van der Waals surface area contributed by atoms with Gasteiger partial charge in [0.25, 0.3) is 0 Å². The number of hydrogen-bond acceptors (Lipinski definition) is 6. The van der Waals surface area contributed by atoms with Crippen molar-refractivity contribution in [2.24, 2.45) is 5.92 Å². The lowest BCUT2D eigenvalue weighted by Gasteiger charge is -2.14. The molecule has 3 aromatic rings. The highest BCUT2D eigenvalue weighted by atomic mass is 19.4. The zero-order valence-corrected chi connectivity index (χ0v) is 18.6. The van der Waals surface area contributed by atoms with Crippen LogP contribution < -0.4 is 25.4 Å². The maximum Gasteiger partial charge on any atom is 0.573 e. The maximum atomic E-state index is 14.0. The van der Waals surface area contributed by atoms with Gasteiger partial charge < -0.3 is 25.4 Å². The standard InChI is InChI=1S/C23H19F4N5O4/c1-12-8-14(35-20-10-19(28-11-29-20)32-21(33)13-2-3-13)5-7-17(12)30-22(34)31-18-9-15(4-6-16(18)24)36-23(25,26)27/h4-11,13H,2-3H2,1H3,(H2,30,31,34)(H,28,29,32,33). The molecule has 3 N–H and O–H groups in total. The average Bonchev–Trinajstić information content (AvgIpc) is 3.63. The minimum Gasteiger partial charge on any atom is -0.439 e. The molecule has 0 unspecified atom stereocenters. The summed E-state index contributed by atoms with van der Waals surface area (Å²) in [7, 11) is 0. The second kappa shape index (κ2) is 10.1. The number of carbonyl (C=O) groups is 2. The Labute approximate surface area is 201 Å². The monoisotopic (exact) mass is 505 g/mol. The van der Waals surface area contributed by atoms with E-state index in [-0.39, 0.29) is 17.7 Å². The summed E-state index contributed by atoms with van der Waals surface area (Å²) in [5.41, 5.74) is 0.400. The summed E-state index contributed by atoms with van der Waals surface area (Å²) in [5.74, 6) is -0.860. The quantitative estimate of drug-likeness (QED) is 0.360. The van der Waals surface area contributed by atoms with Crippen LogP contribution in [0.3, 0.4) is 0 Å². The Morgan fingerprint density at radius 2 is 1.67 bits per heavy atom. The number of aromatic nitrogens is 2. The van der Waals surface area contributed by atoms with Crippen molar-refractivity contribution in [1.82, 2.24) is 9.97 Å². The molecule has 4 rings (SSSR count). The van der Waals surface area contributed by atoms with Gasteiger partial charge in [-0.1, -0.05) is 0 Å². The van der Waals surface area contributed by atoms with E-state index in [1.165, 1.54) is 24.5 Å². The van der Waals surface area contributed by atoms with Crippen molar-refractivity contribution in [2.45, 2.75) is 26.1 Å². The molecule has 36 heavy (non-hydrogen) atoms. The number of nitrogens with one attached hydrogen (secondary N) is 3. The van der Waals surface area contributed by atoms with Crippen molar-refractivity contribution in [3.63, 3.8) is 0 Å². The van der Waals surface area contributed by atoms with Crippen LogP contribution in [0.1, 0.15) is 18.4 Å². The lowest BCUT2D eigenvalue weighted by Crippen LogP contribution is -2.21. The molecule has 1 heterocycles. The number of alkyl halides is 3. The first-order valence-corrected chi connectivity index (χ1v) is 10.6. The first kappa shape index (κ1) is 24.7. The molecule has 13 heteroatoms. The van der Waals surface area contributed by atoms with Gasteiger partial charge in [-0.05, 0) is 55.7 Å². The summed E-state index contributed by atoms with van der Waals surface area (Å²) < 4.78 is 60.6. The van der Waals surface area contributed by atoms with Crippen LogP contribution in [0.25, 0.3) is 0 Å². The second-order valence-corrected chi connectivity index (χ2v) is 7.85. The number of anilines is 3. The Bertz CT molecular complexity index is 1300. The van der Waals surface area contributed by atoms with Crippen LogP contribution >= 0.6 is 0 Å². The van der Waals surface area contributed by atoms with E-state index in [9.17, 15) is 27.2 Å². The van der Waals surface area contributed by atoms with Crippen LogP contribution in [0, 0.1) is 18.7 Å². The maximum absolute atomic E-state index is 14.0. The first-order valence-electron chi connectivity index (χ1n) is 10.6. The van der Waals surface area contributed by atoms with E-state index >= 15 is 0 Å². The van der Waals surface area contributed by atoms with E-state index in [4.69, 9.17) is 4.74 Å². The van der Waals surface area contributed by atoms with Crippen LogP contribution in [0.2, 0.25) is 0 Å². The molecule has 1 fully saturated rings. The molecule has 2 aromatic carbocycles. The van der Waals surface area contributed by atoms with Crippen molar-refractivity contribution in [3.8, 4) is 17.4 Å². The predicted molar refractivity (Wildman–Crippen MR) is 120 cm³/mol. The molecule has 1 aromatic heterocycles. The normalized spacial score (nSPS) is 13.0. The van der Waals surface area contributed by atoms with Crippen LogP contribution in [-0.2, 0) is 4.79 Å². The molecule has 188 valence electrons. The average molecular weight is 505 g/mol. The van der Waals surface area contributed by atoms with Gasteiger partial charge in [-0.2, -0.15) is 0 Å². The lowest BCUT2D eigenvalue weighted by molar-refractivity contribution is -0.274. The highest BCUT2D eigenvalue weighted by Crippen LogP contribution is 2.31. The van der Waals surface area contributed by atoms with E-state index in [1.807, 2.05) is 0 Å². The molecule has 0 aliphatic heterocycles. The van der Waals surface area contributed by atoms with Gasteiger partial charge >= 0.3 is 12.4 Å². The molecule has 0 radical (unpaired) electrons. The van der Waals surface area contributed by atoms with E-state index < -0.39 is 29.6 Å². The molecule has 0 bridgehead atoms. The lowest BCUT2D eigenvalue weighted by atomic mass is 10.2. The first-order chi connectivity index (χ1) is 17.1. The smallest absolute Gasteiger partial charge is 0.439 e. The molecule has 3 amide bonds. The molecule has 9 nitrogen and oxygen atoms in total. The molecule has 1 aliphatic rings. The Morgan fingerprint density at radius 3 is 2.36 bits per heavy atom. The van der Waals surface area contributed by atoms with Crippen LogP contribution in [0.5, 0.6) is 17.4 Å². The summed E-state index contributed by atoms with van der Waals surface area (Å²) in [6, 6.07) is 7.47. The number of carbonyl (C=O) groups excluding carboxylic acids is 2. The van der Waals surface area contributed by atoms with Gasteiger partial charge in [0.2, 0.25) is 11.8 Å². The van der Waals surface area contributed by atoms with E-state index in [0.29, 0.717) is 22.8 Å². The number of halogens is 4. The molecular formula is C23H19F4N5O4. The van der Waals surface area contributed by atoms with Crippen molar-refractivity contribution in [2.75, 3.05) is 16.0 Å². The fourth-order valence-electron chi connectivity index (χ4n) is 3.07. The fraction of sp³-hybridized carbons (Fsp3) is 0.217. The van der Waals surface area contributed by atoms with Gasteiger partial charge in [-0.15, -0.1) is 13.2 Å². The van der Waals surface area contributed by atoms with Gasteiger partial charge in [-0.3, -0.25) is 4.79 Å². The van der Waals surface area contributed by atoms with E-state index in [0.717, 1.165) is 31.0 Å². The third-order valence-electron chi connectivity index (χ3n) is 4.93. The van der Waals surface area contributed by atoms with Gasteiger partial charge in [-0.25, -0.2) is 19.2 Å². The highest BCUT2D eigenvalue weighted by molar-refractivity contribution is 6.00. The number of amides is 3. The van der Waals surface area contributed by atoms with Crippen molar-refractivity contribution in [3.05, 3.63) is 60.2 Å². The topological polar surface area (TPSA) is 114 Å². The number of benzene rings is 2. The van der Waals surface area contributed by atoms with Crippen LogP contribution in [0.15, 0.2) is 48.8 Å². The largest absolute Gasteiger partial charge is 0.573 e. The van der Waals surface area contributed by atoms with Crippen molar-refractivity contribution < 1.29 is 36.6 Å². The molecule has 0 saturated heterocycles. The van der Waals surface area contributed by atoms with Crippen LogP contribution in [0.4, 0.5) is 39.5 Å². The zero-order valence-electron chi connectivity index (χ0n) is 18.6. The summed E-state index contributed by atoms with van der Waals surface area (Å²) >= 11 is 0. The summed E-state index contributed by atoms with van der Waals surface area (Å²) in [4.78, 5) is 32.2. The Balaban J connectivity index is 1.38. The van der Waals surface area contributed by atoms with Gasteiger partial charge in [0, 0.05) is 23.7 Å². The number of urea groups is 1. The zero-order chi connectivity index (χ0) is 25.9. The highest BCUT2D eigenvalue weighted by Gasteiger charge is 2.31. The van der Waals surface area contributed by atoms with Gasteiger partial charge in [0.1, 0.15) is 29.5 Å². The summed E-state index contributed by atoms with van der Waals surface area (Å²) in [6.07, 6.45) is -2.01. The SMILES string of the molecule is Cc1cc(Oc2cc(NC(=O)C3CC3)ncn2)ccc1NC(=O)Nc1cc(OC(F)(F)F)ccc1F. The van der Waals surface area contributed by atoms with E-state index in [2.05, 4.69) is 30.7 Å². The molecule has 1 saturated carbocycles. The number of nitrogens with zero attached hydrogens (tertiary/aromatic N) is 2. The predicted octanol–water partition coefficient (Wildman–Crippen LogP) is 5.61.